The first-order valence-corrected chi connectivity index (χ1v) is 9.00. The molecule has 3 aliphatic carbocycles. The molecule has 0 fully saturated rings. The van der Waals surface area contributed by atoms with Crippen LogP contribution in [-0.2, 0) is 0 Å². The van der Waals surface area contributed by atoms with E-state index in [1.807, 2.05) is 0 Å². The van der Waals surface area contributed by atoms with Crippen LogP contribution in [0.15, 0.2) is 132 Å². The number of nitrogens with zero attached hydrogens (tertiary/aromatic N) is 1. The molecule has 1 atom stereocenters. The fourth-order valence-electron chi connectivity index (χ4n) is 3.93. The van der Waals surface area contributed by atoms with Crippen LogP contribution in [0, 0.1) is 5.92 Å². The zero-order valence-corrected chi connectivity index (χ0v) is 14.4. The summed E-state index contributed by atoms with van der Waals surface area (Å²) in [5.74, 6) is 0.377. The first kappa shape index (κ1) is 15.0. The molecule has 0 aliphatic heterocycles. The van der Waals surface area contributed by atoms with E-state index in [2.05, 4.69) is 114 Å². The lowest BCUT2D eigenvalue weighted by Gasteiger charge is -2.34. The van der Waals surface area contributed by atoms with E-state index >= 15 is 0 Å². The Labute approximate surface area is 154 Å². The molecule has 0 heterocycles. The Morgan fingerprint density at radius 3 is 1.81 bits per heavy atom. The maximum absolute atomic E-state index is 2.33. The molecule has 0 saturated heterocycles. The molecule has 0 amide bonds. The first-order chi connectivity index (χ1) is 12.9. The van der Waals surface area contributed by atoms with E-state index in [1.54, 1.807) is 0 Å². The summed E-state index contributed by atoms with van der Waals surface area (Å²) < 4.78 is 0. The lowest BCUT2D eigenvalue weighted by atomic mass is 9.75. The van der Waals surface area contributed by atoms with Crippen molar-refractivity contribution < 1.29 is 0 Å². The molecule has 1 nitrogen and oxygen atoms in total. The number of rotatable bonds is 3. The van der Waals surface area contributed by atoms with Crippen LogP contribution in [0.2, 0.25) is 0 Å². The first-order valence-electron chi connectivity index (χ1n) is 9.00. The van der Waals surface area contributed by atoms with Crippen LogP contribution in [0.3, 0.4) is 0 Å². The minimum absolute atomic E-state index is 0.377. The zero-order chi connectivity index (χ0) is 17.3. The monoisotopic (exact) mass is 333 g/mol. The van der Waals surface area contributed by atoms with Gasteiger partial charge in [-0.15, -0.1) is 0 Å². The molecule has 3 aliphatic rings. The summed E-state index contributed by atoms with van der Waals surface area (Å²) >= 11 is 0. The van der Waals surface area contributed by atoms with Crippen LogP contribution >= 0.6 is 0 Å². The second-order valence-electron chi connectivity index (χ2n) is 6.70. The predicted octanol–water partition coefficient (Wildman–Crippen LogP) is 6.26. The topological polar surface area (TPSA) is 3.24 Å². The largest absolute Gasteiger partial charge is 0.310 e. The molecule has 124 valence electrons. The number of benzene rings is 2. The predicted molar refractivity (Wildman–Crippen MR) is 109 cm³/mol. The Kier molecular flexibility index (Phi) is 3.57. The van der Waals surface area contributed by atoms with Gasteiger partial charge in [0.15, 0.2) is 0 Å². The van der Waals surface area contributed by atoms with Crippen molar-refractivity contribution in [1.82, 2.24) is 0 Å². The van der Waals surface area contributed by atoms with E-state index in [0.29, 0.717) is 5.92 Å². The van der Waals surface area contributed by atoms with Crippen molar-refractivity contribution >= 4 is 11.4 Å². The van der Waals surface area contributed by atoms with Crippen molar-refractivity contribution in [3.05, 3.63) is 132 Å². The van der Waals surface area contributed by atoms with Crippen molar-refractivity contribution in [2.45, 2.75) is 0 Å². The van der Waals surface area contributed by atoms with E-state index in [-0.39, 0.29) is 0 Å². The summed E-state index contributed by atoms with van der Waals surface area (Å²) in [6.45, 7) is 0. The van der Waals surface area contributed by atoms with Gasteiger partial charge in [0, 0.05) is 23.0 Å². The Bertz CT molecular complexity index is 973. The molecule has 0 N–H and O–H groups in total. The van der Waals surface area contributed by atoms with Crippen molar-refractivity contribution in [2.75, 3.05) is 4.90 Å². The normalized spacial score (nSPS) is 19.8. The number of allylic oxidation sites excluding steroid dienone is 11. The fourth-order valence-corrected chi connectivity index (χ4v) is 3.93. The Hall–Kier alpha value is -3.32. The summed E-state index contributed by atoms with van der Waals surface area (Å²) in [4.78, 5) is 2.33. The number of hydrogen-bond acceptors (Lipinski definition) is 1. The molecule has 5 rings (SSSR count). The summed E-state index contributed by atoms with van der Waals surface area (Å²) in [5.41, 5.74) is 7.61. The highest BCUT2D eigenvalue weighted by Gasteiger charge is 2.28. The van der Waals surface area contributed by atoms with Gasteiger partial charge in [0.05, 0.1) is 0 Å². The second-order valence-corrected chi connectivity index (χ2v) is 6.70. The second kappa shape index (κ2) is 6.20. The van der Waals surface area contributed by atoms with Gasteiger partial charge in [0.2, 0.25) is 0 Å². The standard InChI is InChI=1S/C25H19N/c1-3-13-22(14-4-1)26(23-15-5-2-6-16-23)24-17-20-11-7-9-19-10-8-12-21(18-24)25(19)20/h1-18,25H. The lowest BCUT2D eigenvalue weighted by molar-refractivity contribution is 0.866. The van der Waals surface area contributed by atoms with Gasteiger partial charge >= 0.3 is 0 Å². The maximum atomic E-state index is 2.33. The third kappa shape index (κ3) is 2.49. The van der Waals surface area contributed by atoms with E-state index in [1.165, 1.54) is 33.8 Å². The zero-order valence-electron chi connectivity index (χ0n) is 14.4. The number of para-hydroxylation sites is 2. The van der Waals surface area contributed by atoms with Gasteiger partial charge in [-0.1, -0.05) is 72.9 Å². The van der Waals surface area contributed by atoms with E-state index in [9.17, 15) is 0 Å². The van der Waals surface area contributed by atoms with Crippen LogP contribution in [0.4, 0.5) is 11.4 Å². The third-order valence-corrected chi connectivity index (χ3v) is 5.07. The summed E-state index contributed by atoms with van der Waals surface area (Å²) in [6, 6.07) is 21.1. The minimum atomic E-state index is 0.377. The third-order valence-electron chi connectivity index (χ3n) is 5.07. The molecule has 0 bridgehead atoms. The molecular weight excluding hydrogens is 314 g/mol. The molecule has 2 aromatic carbocycles. The SMILES string of the molecule is C1=CC2=CC=CC3=CC(N(c4ccccc4)c4ccccc4)=CC(=C1)C23. The Balaban J connectivity index is 1.67. The number of hydrogen-bond donors (Lipinski definition) is 0. The van der Waals surface area contributed by atoms with Crippen LogP contribution in [0.25, 0.3) is 0 Å². The summed E-state index contributed by atoms with van der Waals surface area (Å²) in [7, 11) is 0. The van der Waals surface area contributed by atoms with Crippen molar-refractivity contribution in [1.29, 1.82) is 0 Å². The highest BCUT2D eigenvalue weighted by molar-refractivity contribution is 5.73. The van der Waals surface area contributed by atoms with E-state index in [0.717, 1.165) is 0 Å². The van der Waals surface area contributed by atoms with Gasteiger partial charge in [0.25, 0.3) is 0 Å². The summed E-state index contributed by atoms with van der Waals surface area (Å²) in [5, 5.41) is 0. The smallest absolute Gasteiger partial charge is 0.0467 e. The average molecular weight is 333 g/mol. The quantitative estimate of drug-likeness (QED) is 0.641. The van der Waals surface area contributed by atoms with Gasteiger partial charge < -0.3 is 4.90 Å². The van der Waals surface area contributed by atoms with Crippen LogP contribution in [0.5, 0.6) is 0 Å². The molecule has 0 spiro atoms. The molecule has 0 aromatic heterocycles. The van der Waals surface area contributed by atoms with Gasteiger partial charge in [-0.2, -0.15) is 0 Å². The highest BCUT2D eigenvalue weighted by Crippen LogP contribution is 2.42. The van der Waals surface area contributed by atoms with Gasteiger partial charge in [-0.3, -0.25) is 0 Å². The molecule has 2 aromatic rings. The van der Waals surface area contributed by atoms with Crippen LogP contribution < -0.4 is 4.90 Å². The molecule has 0 radical (unpaired) electrons. The molecule has 1 heteroatoms. The van der Waals surface area contributed by atoms with Gasteiger partial charge in [-0.05, 0) is 53.1 Å². The van der Waals surface area contributed by atoms with Crippen molar-refractivity contribution in [3.8, 4) is 0 Å². The molecular formula is C25H19N. The van der Waals surface area contributed by atoms with Crippen LogP contribution in [-0.4, -0.2) is 0 Å². The Morgan fingerprint density at radius 1 is 0.577 bits per heavy atom. The number of anilines is 2. The van der Waals surface area contributed by atoms with Crippen molar-refractivity contribution in [2.24, 2.45) is 5.92 Å². The summed E-state index contributed by atoms with van der Waals surface area (Å²) in [6.07, 6.45) is 17.9. The Morgan fingerprint density at radius 2 is 1.15 bits per heavy atom. The van der Waals surface area contributed by atoms with Crippen LogP contribution in [0.1, 0.15) is 0 Å². The molecule has 0 saturated carbocycles. The van der Waals surface area contributed by atoms with Crippen molar-refractivity contribution in [3.63, 3.8) is 0 Å². The molecule has 1 unspecified atom stereocenters. The highest BCUT2D eigenvalue weighted by atomic mass is 15.1. The lowest BCUT2D eigenvalue weighted by Crippen LogP contribution is -2.22. The van der Waals surface area contributed by atoms with E-state index < -0.39 is 0 Å². The van der Waals surface area contributed by atoms with Gasteiger partial charge in [-0.25, -0.2) is 0 Å². The minimum Gasteiger partial charge on any atom is -0.310 e. The van der Waals surface area contributed by atoms with Gasteiger partial charge in [0.1, 0.15) is 0 Å². The average Bonchev–Trinajstić information content (AvgIpc) is 2.70. The molecule has 26 heavy (non-hydrogen) atoms. The fraction of sp³-hybridized carbons (Fsp3) is 0.0400. The maximum Gasteiger partial charge on any atom is 0.0467 e. The van der Waals surface area contributed by atoms with E-state index in [4.69, 9.17) is 0 Å².